The lowest BCUT2D eigenvalue weighted by molar-refractivity contribution is 0.00578. The van der Waals surface area contributed by atoms with Gasteiger partial charge in [0.1, 0.15) is 0 Å². The Balaban J connectivity index is 2.38. The van der Waals surface area contributed by atoms with Crippen LogP contribution in [0, 0.1) is 11.3 Å². The smallest absolute Gasteiger partial charge is 0.400 e. The standard InChI is InChI=1S/C16H20BClN2O2/c1-15(2)16(3,4)22-17(21-15)13(10-20)7-12-8-14(18)6-5-11(12)9-19/h5-8H,10,20H2,1-4H3. The van der Waals surface area contributed by atoms with Gasteiger partial charge in [-0.1, -0.05) is 17.7 Å². The van der Waals surface area contributed by atoms with Crippen molar-refractivity contribution in [1.29, 1.82) is 5.26 Å². The predicted molar refractivity (Wildman–Crippen MR) is 89.3 cm³/mol. The van der Waals surface area contributed by atoms with Crippen molar-refractivity contribution in [1.82, 2.24) is 0 Å². The molecule has 2 N–H and O–H groups in total. The summed E-state index contributed by atoms with van der Waals surface area (Å²) in [7, 11) is -0.527. The maximum Gasteiger partial charge on any atom is 0.491 e. The second kappa shape index (κ2) is 6.06. The molecule has 0 radical (unpaired) electrons. The number of nitrogens with two attached hydrogens (primary N) is 1. The summed E-state index contributed by atoms with van der Waals surface area (Å²) in [4.78, 5) is 0. The van der Waals surface area contributed by atoms with E-state index < -0.39 is 18.3 Å². The number of benzene rings is 1. The van der Waals surface area contributed by atoms with Gasteiger partial charge < -0.3 is 15.0 Å². The SMILES string of the molecule is CC1(C)OB(C(=Cc2cc(Cl)ccc2C#N)CN)OC1(C)C. The molecule has 6 heteroatoms. The van der Waals surface area contributed by atoms with E-state index in [0.717, 1.165) is 5.47 Å². The lowest BCUT2D eigenvalue weighted by Gasteiger charge is -2.32. The van der Waals surface area contributed by atoms with Gasteiger partial charge in [-0.15, -0.1) is 0 Å². The Labute approximate surface area is 137 Å². The van der Waals surface area contributed by atoms with Crippen molar-refractivity contribution in [2.24, 2.45) is 5.73 Å². The average molecular weight is 319 g/mol. The zero-order valence-electron chi connectivity index (χ0n) is 13.3. The molecule has 1 heterocycles. The van der Waals surface area contributed by atoms with Gasteiger partial charge in [0.15, 0.2) is 0 Å². The van der Waals surface area contributed by atoms with Gasteiger partial charge in [0, 0.05) is 11.6 Å². The van der Waals surface area contributed by atoms with Crippen LogP contribution in [-0.2, 0) is 9.31 Å². The molecule has 0 aliphatic carbocycles. The Morgan fingerprint density at radius 2 is 1.91 bits per heavy atom. The van der Waals surface area contributed by atoms with E-state index in [1.54, 1.807) is 18.2 Å². The molecule has 1 aliphatic rings. The van der Waals surface area contributed by atoms with Crippen molar-refractivity contribution in [2.75, 3.05) is 6.54 Å². The first-order valence-corrected chi connectivity index (χ1v) is 7.54. The Bertz CT molecular complexity index is 634. The van der Waals surface area contributed by atoms with Gasteiger partial charge in [0.05, 0.1) is 22.8 Å². The summed E-state index contributed by atoms with van der Waals surface area (Å²) in [5.41, 5.74) is 7.02. The fourth-order valence-electron chi connectivity index (χ4n) is 2.17. The minimum atomic E-state index is -0.527. The molecule has 1 aromatic rings. The highest BCUT2D eigenvalue weighted by Crippen LogP contribution is 2.38. The maximum absolute atomic E-state index is 9.21. The zero-order valence-corrected chi connectivity index (χ0v) is 14.1. The Morgan fingerprint density at radius 3 is 2.41 bits per heavy atom. The summed E-state index contributed by atoms with van der Waals surface area (Å²) in [6.07, 6.45) is 1.83. The van der Waals surface area contributed by atoms with Crippen molar-refractivity contribution >= 4 is 24.8 Å². The van der Waals surface area contributed by atoms with Gasteiger partial charge in [-0.05, 0) is 56.9 Å². The topological polar surface area (TPSA) is 68.3 Å². The van der Waals surface area contributed by atoms with E-state index in [1.165, 1.54) is 0 Å². The molecule has 0 aromatic heterocycles. The number of rotatable bonds is 3. The Kier molecular flexibility index (Phi) is 4.69. The summed E-state index contributed by atoms with van der Waals surface area (Å²) in [6, 6.07) is 7.26. The molecule has 1 aromatic carbocycles. The fraction of sp³-hybridized carbons (Fsp3) is 0.438. The van der Waals surface area contributed by atoms with Crippen LogP contribution in [0.25, 0.3) is 6.08 Å². The molecule has 0 spiro atoms. The van der Waals surface area contributed by atoms with Crippen molar-refractivity contribution in [3.05, 3.63) is 39.8 Å². The van der Waals surface area contributed by atoms with E-state index in [4.69, 9.17) is 26.6 Å². The molecule has 1 saturated heterocycles. The molecule has 22 heavy (non-hydrogen) atoms. The molecule has 0 unspecified atom stereocenters. The van der Waals surface area contributed by atoms with Crippen LogP contribution in [0.15, 0.2) is 23.7 Å². The van der Waals surface area contributed by atoms with E-state index in [2.05, 4.69) is 6.07 Å². The molecule has 0 atom stereocenters. The summed E-state index contributed by atoms with van der Waals surface area (Å²) in [5, 5.41) is 9.78. The van der Waals surface area contributed by atoms with E-state index in [9.17, 15) is 5.26 Å². The first kappa shape index (κ1) is 17.0. The first-order chi connectivity index (χ1) is 10.2. The zero-order chi connectivity index (χ0) is 16.5. The highest BCUT2D eigenvalue weighted by atomic mass is 35.5. The molecule has 116 valence electrons. The predicted octanol–water partition coefficient (Wildman–Crippen LogP) is 3.19. The quantitative estimate of drug-likeness (QED) is 0.869. The normalized spacial score (nSPS) is 20.0. The second-order valence-corrected chi connectivity index (χ2v) is 6.79. The molecule has 1 fully saturated rings. The van der Waals surface area contributed by atoms with E-state index in [1.807, 2.05) is 33.8 Å². The highest BCUT2D eigenvalue weighted by Gasteiger charge is 2.52. The van der Waals surface area contributed by atoms with Gasteiger partial charge >= 0.3 is 7.12 Å². The molecule has 1 aliphatic heterocycles. The summed E-state index contributed by atoms with van der Waals surface area (Å²) in [6.45, 7) is 8.22. The van der Waals surface area contributed by atoms with Crippen LogP contribution in [0.4, 0.5) is 0 Å². The number of nitrogens with zero attached hydrogens (tertiary/aromatic N) is 1. The van der Waals surface area contributed by atoms with Crippen molar-refractivity contribution in [3.8, 4) is 6.07 Å². The molecule has 0 saturated carbocycles. The molecular formula is C16H20BClN2O2. The summed E-state index contributed by atoms with van der Waals surface area (Å²) in [5.74, 6) is 0. The molecule has 0 amide bonds. The van der Waals surface area contributed by atoms with Gasteiger partial charge in [-0.25, -0.2) is 0 Å². The van der Waals surface area contributed by atoms with E-state index in [-0.39, 0.29) is 6.54 Å². The number of hydrogen-bond donors (Lipinski definition) is 1. The van der Waals surface area contributed by atoms with Crippen molar-refractivity contribution < 1.29 is 9.31 Å². The summed E-state index contributed by atoms with van der Waals surface area (Å²) < 4.78 is 12.0. The molecule has 2 rings (SSSR count). The largest absolute Gasteiger partial charge is 0.491 e. The summed E-state index contributed by atoms with van der Waals surface area (Å²) >= 11 is 6.02. The van der Waals surface area contributed by atoms with Gasteiger partial charge in [0.2, 0.25) is 0 Å². The Hall–Kier alpha value is -1.32. The van der Waals surface area contributed by atoms with Crippen LogP contribution >= 0.6 is 11.6 Å². The average Bonchev–Trinajstić information content (AvgIpc) is 2.64. The van der Waals surface area contributed by atoms with Gasteiger partial charge in [-0.3, -0.25) is 0 Å². The van der Waals surface area contributed by atoms with Crippen LogP contribution in [0.1, 0.15) is 38.8 Å². The van der Waals surface area contributed by atoms with Crippen molar-refractivity contribution in [2.45, 2.75) is 38.9 Å². The molecular weight excluding hydrogens is 298 g/mol. The highest BCUT2D eigenvalue weighted by molar-refractivity contribution is 6.56. The number of hydrogen-bond acceptors (Lipinski definition) is 4. The van der Waals surface area contributed by atoms with Crippen LogP contribution in [0.3, 0.4) is 0 Å². The maximum atomic E-state index is 9.21. The lowest BCUT2D eigenvalue weighted by atomic mass is 9.77. The first-order valence-electron chi connectivity index (χ1n) is 7.16. The van der Waals surface area contributed by atoms with Gasteiger partial charge in [-0.2, -0.15) is 5.26 Å². The Morgan fingerprint density at radius 1 is 1.32 bits per heavy atom. The van der Waals surface area contributed by atoms with Crippen LogP contribution < -0.4 is 5.73 Å². The van der Waals surface area contributed by atoms with E-state index >= 15 is 0 Å². The minimum absolute atomic E-state index is 0.272. The molecule has 4 nitrogen and oxygen atoms in total. The van der Waals surface area contributed by atoms with Gasteiger partial charge in [0.25, 0.3) is 0 Å². The number of nitriles is 1. The second-order valence-electron chi connectivity index (χ2n) is 6.36. The van der Waals surface area contributed by atoms with Crippen LogP contribution in [0.5, 0.6) is 0 Å². The van der Waals surface area contributed by atoms with Crippen molar-refractivity contribution in [3.63, 3.8) is 0 Å². The fourth-order valence-corrected chi connectivity index (χ4v) is 2.35. The third-order valence-corrected chi connectivity index (χ3v) is 4.50. The minimum Gasteiger partial charge on any atom is -0.400 e. The lowest BCUT2D eigenvalue weighted by Crippen LogP contribution is -2.41. The van der Waals surface area contributed by atoms with Crippen LogP contribution in [-0.4, -0.2) is 24.9 Å². The van der Waals surface area contributed by atoms with E-state index in [0.29, 0.717) is 16.1 Å². The monoisotopic (exact) mass is 318 g/mol. The number of halogens is 1. The third-order valence-electron chi connectivity index (χ3n) is 4.27. The molecule has 0 bridgehead atoms. The third kappa shape index (κ3) is 3.21. The van der Waals surface area contributed by atoms with Crippen LogP contribution in [0.2, 0.25) is 5.02 Å².